The van der Waals surface area contributed by atoms with Crippen molar-refractivity contribution in [3.05, 3.63) is 53.6 Å². The lowest BCUT2D eigenvalue weighted by Gasteiger charge is -2.05. The number of anilines is 2. The first-order valence-corrected chi connectivity index (χ1v) is 7.34. The third-order valence-corrected chi connectivity index (χ3v) is 3.52. The Labute approximate surface area is 136 Å². The van der Waals surface area contributed by atoms with E-state index in [1.807, 2.05) is 43.3 Å². The van der Waals surface area contributed by atoms with Gasteiger partial charge in [0, 0.05) is 11.8 Å². The molecule has 0 saturated carbocycles. The van der Waals surface area contributed by atoms with Gasteiger partial charge in [0.15, 0.2) is 11.5 Å². The number of nitrogens with zero attached hydrogens (tertiary/aromatic N) is 5. The topological polar surface area (TPSA) is 84.3 Å². The Kier molecular flexibility index (Phi) is 3.20. The molecule has 8 heteroatoms. The summed E-state index contributed by atoms with van der Waals surface area (Å²) in [5.74, 6) is 1.22. The number of aromatic amines is 1. The molecule has 0 spiro atoms. The third-order valence-electron chi connectivity index (χ3n) is 3.35. The van der Waals surface area contributed by atoms with E-state index in [-0.39, 0.29) is 5.28 Å². The molecule has 0 aliphatic heterocycles. The zero-order valence-electron chi connectivity index (χ0n) is 12.2. The van der Waals surface area contributed by atoms with Crippen LogP contribution in [-0.2, 0) is 0 Å². The second-order valence-corrected chi connectivity index (χ2v) is 5.37. The number of rotatable bonds is 3. The van der Waals surface area contributed by atoms with Gasteiger partial charge in [-0.2, -0.15) is 20.2 Å². The predicted molar refractivity (Wildman–Crippen MR) is 88.3 cm³/mol. The summed E-state index contributed by atoms with van der Waals surface area (Å²) in [6, 6.07) is 11.6. The number of hydrogen-bond donors (Lipinski definition) is 2. The van der Waals surface area contributed by atoms with Crippen molar-refractivity contribution in [1.82, 2.24) is 29.9 Å². The molecule has 3 aromatic heterocycles. The maximum Gasteiger partial charge on any atom is 0.226 e. The molecule has 114 valence electrons. The maximum atomic E-state index is 6.08. The summed E-state index contributed by atoms with van der Waals surface area (Å²) in [7, 11) is 0. The molecule has 0 aliphatic carbocycles. The number of nitrogens with one attached hydrogen (secondary N) is 2. The molecule has 0 amide bonds. The molecule has 0 unspecified atom stereocenters. The summed E-state index contributed by atoms with van der Waals surface area (Å²) in [6.45, 7) is 1.92. The van der Waals surface area contributed by atoms with E-state index in [9.17, 15) is 0 Å². The molecule has 23 heavy (non-hydrogen) atoms. The molecule has 2 N–H and O–H groups in total. The minimum Gasteiger partial charge on any atom is -0.323 e. The normalized spacial score (nSPS) is 11.0. The van der Waals surface area contributed by atoms with E-state index in [0.717, 1.165) is 16.8 Å². The lowest BCUT2D eigenvalue weighted by atomic mass is 10.3. The second-order valence-electron chi connectivity index (χ2n) is 5.03. The summed E-state index contributed by atoms with van der Waals surface area (Å²) in [6.07, 6.45) is 1.71. The van der Waals surface area contributed by atoms with Crippen molar-refractivity contribution in [1.29, 1.82) is 0 Å². The van der Waals surface area contributed by atoms with Crippen LogP contribution in [0.4, 0.5) is 11.6 Å². The molecule has 0 saturated heterocycles. The number of para-hydroxylation sites is 1. The highest BCUT2D eigenvalue weighted by molar-refractivity contribution is 6.28. The summed E-state index contributed by atoms with van der Waals surface area (Å²) in [4.78, 5) is 8.55. The number of hydrogen-bond acceptors (Lipinski definition) is 5. The number of aryl methyl sites for hydroxylation is 1. The van der Waals surface area contributed by atoms with Crippen molar-refractivity contribution in [3.63, 3.8) is 0 Å². The number of halogens is 1. The fourth-order valence-electron chi connectivity index (χ4n) is 2.34. The van der Waals surface area contributed by atoms with E-state index in [2.05, 4.69) is 30.6 Å². The van der Waals surface area contributed by atoms with Gasteiger partial charge in [0.25, 0.3) is 0 Å². The Morgan fingerprint density at radius 2 is 2.00 bits per heavy atom. The van der Waals surface area contributed by atoms with Crippen LogP contribution in [0.5, 0.6) is 0 Å². The highest BCUT2D eigenvalue weighted by Gasteiger charge is 2.14. The molecular formula is C15H12ClN7. The maximum absolute atomic E-state index is 6.08. The second kappa shape index (κ2) is 5.36. The van der Waals surface area contributed by atoms with E-state index in [1.165, 1.54) is 0 Å². The lowest BCUT2D eigenvalue weighted by molar-refractivity contribution is 0.895. The van der Waals surface area contributed by atoms with Gasteiger partial charge in [-0.1, -0.05) is 18.2 Å². The van der Waals surface area contributed by atoms with E-state index < -0.39 is 0 Å². The fourth-order valence-corrected chi connectivity index (χ4v) is 2.50. The van der Waals surface area contributed by atoms with Crippen molar-refractivity contribution >= 4 is 34.3 Å². The summed E-state index contributed by atoms with van der Waals surface area (Å²) < 4.78 is 1.73. The van der Waals surface area contributed by atoms with Crippen LogP contribution in [0.15, 0.2) is 42.6 Å². The third kappa shape index (κ3) is 2.51. The van der Waals surface area contributed by atoms with Crippen molar-refractivity contribution in [2.75, 3.05) is 5.32 Å². The van der Waals surface area contributed by atoms with Crippen LogP contribution in [0.2, 0.25) is 5.28 Å². The number of H-pyrrole nitrogens is 1. The van der Waals surface area contributed by atoms with Crippen LogP contribution in [0.1, 0.15) is 5.69 Å². The Balaban J connectivity index is 1.85. The molecule has 7 nitrogen and oxygen atoms in total. The molecule has 0 bridgehead atoms. The predicted octanol–water partition coefficient (Wildman–Crippen LogP) is 3.24. The van der Waals surface area contributed by atoms with E-state index in [4.69, 9.17) is 11.6 Å². The van der Waals surface area contributed by atoms with Crippen LogP contribution >= 0.6 is 11.6 Å². The smallest absolute Gasteiger partial charge is 0.226 e. The molecule has 0 radical (unpaired) electrons. The van der Waals surface area contributed by atoms with Gasteiger partial charge in [-0.05, 0) is 30.7 Å². The summed E-state index contributed by atoms with van der Waals surface area (Å²) in [5.41, 5.74) is 2.48. The van der Waals surface area contributed by atoms with Crippen molar-refractivity contribution in [2.45, 2.75) is 6.92 Å². The molecule has 0 atom stereocenters. The van der Waals surface area contributed by atoms with Gasteiger partial charge in [0.05, 0.1) is 17.3 Å². The molecule has 4 rings (SSSR count). The van der Waals surface area contributed by atoms with Crippen LogP contribution in [0.25, 0.3) is 16.7 Å². The van der Waals surface area contributed by atoms with Crippen LogP contribution in [0, 0.1) is 6.92 Å². The van der Waals surface area contributed by atoms with Gasteiger partial charge < -0.3 is 5.32 Å². The number of benzene rings is 1. The van der Waals surface area contributed by atoms with Gasteiger partial charge in [0.2, 0.25) is 5.28 Å². The summed E-state index contributed by atoms with van der Waals surface area (Å²) >= 11 is 6.08. The summed E-state index contributed by atoms with van der Waals surface area (Å²) in [5, 5.41) is 15.5. The molecule has 0 aliphatic rings. The van der Waals surface area contributed by atoms with Crippen LogP contribution in [0.3, 0.4) is 0 Å². The average Bonchev–Trinajstić information content (AvgIpc) is 3.14. The van der Waals surface area contributed by atoms with Crippen LogP contribution in [-0.4, -0.2) is 29.9 Å². The molecular weight excluding hydrogens is 314 g/mol. The largest absolute Gasteiger partial charge is 0.323 e. The fraction of sp³-hybridized carbons (Fsp3) is 0.0667. The minimum absolute atomic E-state index is 0.143. The first-order valence-electron chi connectivity index (χ1n) is 6.96. The quantitative estimate of drug-likeness (QED) is 0.565. The standard InChI is InChI=1S/C15H12ClN7/c1-9-7-12(22-21-9)18-13-11-8-17-23(10-5-3-2-4-6-10)14(11)20-15(16)19-13/h2-8H,1H3,(H2,18,19,20,21,22). The van der Waals surface area contributed by atoms with E-state index >= 15 is 0 Å². The highest BCUT2D eigenvalue weighted by atomic mass is 35.5. The molecule has 4 aromatic rings. The van der Waals surface area contributed by atoms with Crippen molar-refractivity contribution in [2.24, 2.45) is 0 Å². The van der Waals surface area contributed by atoms with Gasteiger partial charge in [0.1, 0.15) is 5.82 Å². The Hall–Kier alpha value is -2.93. The Morgan fingerprint density at radius 3 is 2.74 bits per heavy atom. The highest BCUT2D eigenvalue weighted by Crippen LogP contribution is 2.26. The van der Waals surface area contributed by atoms with Crippen LogP contribution < -0.4 is 5.32 Å². The zero-order chi connectivity index (χ0) is 15.8. The first kappa shape index (κ1) is 13.7. The van der Waals surface area contributed by atoms with E-state index in [1.54, 1.807) is 10.9 Å². The average molecular weight is 326 g/mol. The lowest BCUT2D eigenvalue weighted by Crippen LogP contribution is -2.00. The minimum atomic E-state index is 0.143. The van der Waals surface area contributed by atoms with Gasteiger partial charge in [-0.25, -0.2) is 4.68 Å². The molecule has 3 heterocycles. The van der Waals surface area contributed by atoms with Gasteiger partial charge in [-0.3, -0.25) is 5.10 Å². The molecule has 0 fully saturated rings. The Morgan fingerprint density at radius 1 is 1.17 bits per heavy atom. The zero-order valence-corrected chi connectivity index (χ0v) is 12.9. The Bertz CT molecular complexity index is 974. The number of fused-ring (bicyclic) bond motifs is 1. The monoisotopic (exact) mass is 325 g/mol. The van der Waals surface area contributed by atoms with Crippen molar-refractivity contribution in [3.8, 4) is 5.69 Å². The van der Waals surface area contributed by atoms with E-state index in [0.29, 0.717) is 17.3 Å². The molecule has 1 aromatic carbocycles. The first-order chi connectivity index (χ1) is 11.2. The van der Waals surface area contributed by atoms with Crippen molar-refractivity contribution < 1.29 is 0 Å². The van der Waals surface area contributed by atoms with Gasteiger partial charge in [-0.15, -0.1) is 0 Å². The number of aromatic nitrogens is 6. The van der Waals surface area contributed by atoms with Gasteiger partial charge >= 0.3 is 0 Å². The SMILES string of the molecule is Cc1cc(Nc2nc(Cl)nc3c2cnn3-c2ccccc2)n[nH]1.